The second-order valence-corrected chi connectivity index (χ2v) is 4.49. The molecule has 0 spiro atoms. The van der Waals surface area contributed by atoms with Gasteiger partial charge in [-0.3, -0.25) is 4.79 Å². The zero-order chi connectivity index (χ0) is 13.0. The van der Waals surface area contributed by atoms with Crippen molar-refractivity contribution in [3.63, 3.8) is 0 Å². The molecule has 1 aromatic carbocycles. The van der Waals surface area contributed by atoms with E-state index in [2.05, 4.69) is 22.3 Å². The molecule has 0 aliphatic carbocycles. The smallest absolute Gasteiger partial charge is 0.215 e. The number of hydrogen-bond donors (Lipinski definition) is 1. The van der Waals surface area contributed by atoms with E-state index in [1.807, 2.05) is 0 Å². The zero-order valence-corrected chi connectivity index (χ0v) is 10.9. The number of halogens is 1. The SMILES string of the molecule is CCCCc1n[nH]nc1C(=O)c1ccc(Cl)cc1. The van der Waals surface area contributed by atoms with E-state index in [1.54, 1.807) is 24.3 Å². The number of aromatic amines is 1. The van der Waals surface area contributed by atoms with Crippen LogP contribution in [-0.4, -0.2) is 21.2 Å². The van der Waals surface area contributed by atoms with Crippen LogP contribution in [0, 0.1) is 0 Å². The number of nitrogens with one attached hydrogen (secondary N) is 1. The molecule has 5 heteroatoms. The minimum absolute atomic E-state index is 0.119. The lowest BCUT2D eigenvalue weighted by Crippen LogP contribution is -2.05. The highest BCUT2D eigenvalue weighted by atomic mass is 35.5. The van der Waals surface area contributed by atoms with Gasteiger partial charge in [-0.2, -0.15) is 15.4 Å². The summed E-state index contributed by atoms with van der Waals surface area (Å²) in [7, 11) is 0. The maximum absolute atomic E-state index is 12.2. The van der Waals surface area contributed by atoms with Gasteiger partial charge in [-0.05, 0) is 37.1 Å². The molecular weight excluding hydrogens is 250 g/mol. The first kappa shape index (κ1) is 12.8. The lowest BCUT2D eigenvalue weighted by Gasteiger charge is -2.00. The number of carbonyl (C=O) groups is 1. The van der Waals surface area contributed by atoms with Crippen molar-refractivity contribution < 1.29 is 4.79 Å². The number of unbranched alkanes of at least 4 members (excludes halogenated alkanes) is 1. The molecular formula is C13H14ClN3O. The van der Waals surface area contributed by atoms with Crippen LogP contribution in [0.1, 0.15) is 41.5 Å². The summed E-state index contributed by atoms with van der Waals surface area (Å²) in [6, 6.07) is 6.78. The quantitative estimate of drug-likeness (QED) is 0.844. The zero-order valence-electron chi connectivity index (χ0n) is 10.1. The molecule has 0 saturated carbocycles. The Balaban J connectivity index is 2.23. The number of nitrogens with zero attached hydrogens (tertiary/aromatic N) is 2. The standard InChI is InChI=1S/C13H14ClN3O/c1-2-3-4-11-12(16-17-15-11)13(18)9-5-7-10(14)8-6-9/h5-8H,2-4H2,1H3,(H,15,16,17). The van der Waals surface area contributed by atoms with Crippen LogP contribution in [0.15, 0.2) is 24.3 Å². The summed E-state index contributed by atoms with van der Waals surface area (Å²) >= 11 is 5.80. The summed E-state index contributed by atoms with van der Waals surface area (Å²) < 4.78 is 0. The van der Waals surface area contributed by atoms with Gasteiger partial charge in [0.05, 0.1) is 5.69 Å². The van der Waals surface area contributed by atoms with E-state index in [9.17, 15) is 4.79 Å². The van der Waals surface area contributed by atoms with Crippen molar-refractivity contribution in [2.45, 2.75) is 26.2 Å². The van der Waals surface area contributed by atoms with Crippen LogP contribution in [0.5, 0.6) is 0 Å². The normalized spacial score (nSPS) is 10.6. The van der Waals surface area contributed by atoms with Crippen LogP contribution in [-0.2, 0) is 6.42 Å². The fraction of sp³-hybridized carbons (Fsp3) is 0.308. The van der Waals surface area contributed by atoms with Crippen molar-refractivity contribution in [3.05, 3.63) is 46.2 Å². The molecule has 18 heavy (non-hydrogen) atoms. The molecule has 0 bridgehead atoms. The molecule has 0 aliphatic rings. The molecule has 0 amide bonds. The Kier molecular flexibility index (Phi) is 4.10. The van der Waals surface area contributed by atoms with Gasteiger partial charge in [0.15, 0.2) is 5.69 Å². The first-order valence-corrected chi connectivity index (χ1v) is 6.30. The van der Waals surface area contributed by atoms with Gasteiger partial charge in [0.2, 0.25) is 5.78 Å². The Labute approximate surface area is 110 Å². The highest BCUT2D eigenvalue weighted by Gasteiger charge is 2.17. The minimum Gasteiger partial charge on any atom is -0.287 e. The topological polar surface area (TPSA) is 58.6 Å². The molecule has 1 N–H and O–H groups in total. The van der Waals surface area contributed by atoms with Gasteiger partial charge in [0, 0.05) is 10.6 Å². The van der Waals surface area contributed by atoms with Crippen molar-refractivity contribution >= 4 is 17.4 Å². The van der Waals surface area contributed by atoms with E-state index in [0.717, 1.165) is 25.0 Å². The van der Waals surface area contributed by atoms with Crippen molar-refractivity contribution in [1.82, 2.24) is 15.4 Å². The van der Waals surface area contributed by atoms with Crippen LogP contribution in [0.3, 0.4) is 0 Å². The van der Waals surface area contributed by atoms with Crippen LogP contribution < -0.4 is 0 Å². The molecule has 0 atom stereocenters. The number of hydrogen-bond acceptors (Lipinski definition) is 3. The van der Waals surface area contributed by atoms with Crippen LogP contribution in [0.4, 0.5) is 0 Å². The predicted molar refractivity (Wildman–Crippen MR) is 69.9 cm³/mol. The Bertz CT molecular complexity index is 533. The number of carbonyl (C=O) groups excluding carboxylic acids is 1. The lowest BCUT2D eigenvalue weighted by molar-refractivity contribution is 0.103. The van der Waals surface area contributed by atoms with Crippen molar-refractivity contribution in [3.8, 4) is 0 Å². The van der Waals surface area contributed by atoms with Gasteiger partial charge in [0.25, 0.3) is 0 Å². The fourth-order valence-corrected chi connectivity index (χ4v) is 1.82. The number of ketones is 1. The summed E-state index contributed by atoms with van der Waals surface area (Å²) in [5.74, 6) is -0.119. The van der Waals surface area contributed by atoms with E-state index in [-0.39, 0.29) is 5.78 Å². The monoisotopic (exact) mass is 263 g/mol. The number of aryl methyl sites for hydroxylation is 1. The summed E-state index contributed by atoms with van der Waals surface area (Å²) in [5, 5.41) is 11.1. The van der Waals surface area contributed by atoms with Gasteiger partial charge >= 0.3 is 0 Å². The van der Waals surface area contributed by atoms with Crippen LogP contribution >= 0.6 is 11.6 Å². The second kappa shape index (κ2) is 5.78. The third-order valence-electron chi connectivity index (χ3n) is 2.71. The van der Waals surface area contributed by atoms with Crippen molar-refractivity contribution in [2.24, 2.45) is 0 Å². The van der Waals surface area contributed by atoms with E-state index in [0.29, 0.717) is 16.3 Å². The van der Waals surface area contributed by atoms with Gasteiger partial charge in [-0.15, -0.1) is 0 Å². The Hall–Kier alpha value is -1.68. The molecule has 0 unspecified atom stereocenters. The number of rotatable bonds is 5. The maximum Gasteiger partial charge on any atom is 0.215 e. The first-order chi connectivity index (χ1) is 8.72. The summed E-state index contributed by atoms with van der Waals surface area (Å²) in [6.45, 7) is 2.10. The predicted octanol–water partition coefficient (Wildman–Crippen LogP) is 3.03. The molecule has 94 valence electrons. The van der Waals surface area contributed by atoms with Crippen molar-refractivity contribution in [2.75, 3.05) is 0 Å². The number of aromatic nitrogens is 3. The molecule has 0 radical (unpaired) electrons. The molecule has 1 heterocycles. The third kappa shape index (κ3) is 2.76. The molecule has 4 nitrogen and oxygen atoms in total. The van der Waals surface area contributed by atoms with Gasteiger partial charge in [-0.25, -0.2) is 0 Å². The average Bonchev–Trinajstić information content (AvgIpc) is 2.84. The highest BCUT2D eigenvalue weighted by molar-refractivity contribution is 6.30. The third-order valence-corrected chi connectivity index (χ3v) is 2.96. The number of benzene rings is 1. The molecule has 2 rings (SSSR count). The summed E-state index contributed by atoms with van der Waals surface area (Å²) in [5.41, 5.74) is 1.72. The van der Waals surface area contributed by atoms with E-state index in [1.165, 1.54) is 0 Å². The molecule has 0 saturated heterocycles. The van der Waals surface area contributed by atoms with E-state index in [4.69, 9.17) is 11.6 Å². The maximum atomic E-state index is 12.2. The van der Waals surface area contributed by atoms with E-state index >= 15 is 0 Å². The summed E-state index contributed by atoms with van der Waals surface area (Å²) in [6.07, 6.45) is 2.82. The molecule has 2 aromatic rings. The minimum atomic E-state index is -0.119. The van der Waals surface area contributed by atoms with Gasteiger partial charge in [-0.1, -0.05) is 24.9 Å². The molecule has 0 fully saturated rings. The van der Waals surface area contributed by atoms with Gasteiger partial charge < -0.3 is 0 Å². The number of H-pyrrole nitrogens is 1. The average molecular weight is 264 g/mol. The Morgan fingerprint density at radius 1 is 1.28 bits per heavy atom. The van der Waals surface area contributed by atoms with Gasteiger partial charge in [0.1, 0.15) is 0 Å². The highest BCUT2D eigenvalue weighted by Crippen LogP contribution is 2.15. The Morgan fingerprint density at radius 3 is 2.67 bits per heavy atom. The fourth-order valence-electron chi connectivity index (χ4n) is 1.69. The Morgan fingerprint density at radius 2 is 2.00 bits per heavy atom. The summed E-state index contributed by atoms with van der Waals surface area (Å²) in [4.78, 5) is 12.2. The van der Waals surface area contributed by atoms with Crippen LogP contribution in [0.2, 0.25) is 5.02 Å². The van der Waals surface area contributed by atoms with Crippen LogP contribution in [0.25, 0.3) is 0 Å². The lowest BCUT2D eigenvalue weighted by atomic mass is 10.0. The largest absolute Gasteiger partial charge is 0.287 e. The van der Waals surface area contributed by atoms with E-state index < -0.39 is 0 Å². The second-order valence-electron chi connectivity index (χ2n) is 4.06. The first-order valence-electron chi connectivity index (χ1n) is 5.92. The molecule has 0 aliphatic heterocycles. The van der Waals surface area contributed by atoms with Crippen molar-refractivity contribution in [1.29, 1.82) is 0 Å². The molecule has 1 aromatic heterocycles.